The van der Waals surface area contributed by atoms with E-state index in [2.05, 4.69) is 27.8 Å². The quantitative estimate of drug-likeness (QED) is 0.672. The van der Waals surface area contributed by atoms with Crippen LogP contribution in [0.3, 0.4) is 0 Å². The lowest BCUT2D eigenvalue weighted by atomic mass is 10.2. The third kappa shape index (κ3) is 3.94. The Bertz CT molecular complexity index is 377. The van der Waals surface area contributed by atoms with Crippen LogP contribution in [-0.4, -0.2) is 11.7 Å². The number of benzene rings is 1. The van der Waals surface area contributed by atoms with E-state index in [9.17, 15) is 0 Å². The van der Waals surface area contributed by atoms with Gasteiger partial charge in [0.1, 0.15) is 5.75 Å². The Morgan fingerprint density at radius 2 is 2.27 bits per heavy atom. The van der Waals surface area contributed by atoms with Crippen molar-refractivity contribution in [2.24, 2.45) is 0 Å². The average molecular weight is 269 g/mol. The van der Waals surface area contributed by atoms with Gasteiger partial charge in [-0.1, -0.05) is 15.9 Å². The van der Waals surface area contributed by atoms with Crippen molar-refractivity contribution in [1.82, 2.24) is 0 Å². The zero-order chi connectivity index (χ0) is 11.1. The van der Waals surface area contributed by atoms with Crippen LogP contribution in [0.4, 0.5) is 0 Å². The maximum atomic E-state index is 9.04. The summed E-state index contributed by atoms with van der Waals surface area (Å²) in [5.41, 5.74) is 0.828. The molecule has 15 heavy (non-hydrogen) atoms. The van der Waals surface area contributed by atoms with Gasteiger partial charge in [-0.15, -0.1) is 11.8 Å². The molecule has 0 bridgehead atoms. The lowest BCUT2D eigenvalue weighted by Crippen LogP contribution is -1.97. The smallest absolute Gasteiger partial charge is 0.119 e. The molecule has 80 valence electrons. The second-order valence-electron chi connectivity index (χ2n) is 2.94. The number of halogens is 1. The number of rotatable bonds is 4. The molecule has 0 aliphatic rings. The minimum Gasteiger partial charge on any atom is -0.493 e. The van der Waals surface area contributed by atoms with Crippen LogP contribution < -0.4 is 4.74 Å². The predicted molar refractivity (Wildman–Crippen MR) is 63.6 cm³/mol. The van der Waals surface area contributed by atoms with Crippen molar-refractivity contribution >= 4 is 15.9 Å². The van der Waals surface area contributed by atoms with E-state index < -0.39 is 0 Å². The van der Waals surface area contributed by atoms with Crippen LogP contribution >= 0.6 is 15.9 Å². The second-order valence-corrected chi connectivity index (χ2v) is 3.79. The van der Waals surface area contributed by atoms with Crippen molar-refractivity contribution in [2.75, 3.05) is 6.61 Å². The Morgan fingerprint density at radius 1 is 1.47 bits per heavy atom. The van der Waals surface area contributed by atoms with Crippen molar-refractivity contribution in [3.8, 4) is 17.6 Å². The Labute approximate surface area is 98.4 Å². The highest BCUT2D eigenvalue weighted by Crippen LogP contribution is 2.22. The van der Waals surface area contributed by atoms with E-state index in [1.54, 1.807) is 0 Å². The summed E-state index contributed by atoms with van der Waals surface area (Å²) in [7, 11) is 0. The van der Waals surface area contributed by atoms with E-state index in [0.29, 0.717) is 6.61 Å². The summed E-state index contributed by atoms with van der Waals surface area (Å²) in [6.07, 6.45) is 0.723. The van der Waals surface area contributed by atoms with Gasteiger partial charge in [-0.2, -0.15) is 0 Å². The van der Waals surface area contributed by atoms with Crippen LogP contribution in [0.1, 0.15) is 18.9 Å². The first-order valence-electron chi connectivity index (χ1n) is 4.69. The van der Waals surface area contributed by atoms with Gasteiger partial charge in [0.2, 0.25) is 0 Å². The fourth-order valence-corrected chi connectivity index (χ4v) is 1.48. The van der Waals surface area contributed by atoms with Gasteiger partial charge >= 0.3 is 0 Å². The fraction of sp³-hybridized carbons (Fsp3) is 0.333. The molecule has 0 atom stereocenters. The van der Waals surface area contributed by atoms with E-state index in [-0.39, 0.29) is 6.61 Å². The molecule has 0 unspecified atom stereocenters. The summed E-state index contributed by atoms with van der Waals surface area (Å²) in [4.78, 5) is 0. The molecule has 0 radical (unpaired) electrons. The Hall–Kier alpha value is -0.980. The minimum atomic E-state index is 0.00650. The van der Waals surface area contributed by atoms with Gasteiger partial charge in [0, 0.05) is 10.9 Å². The molecular formula is C12H13BrO2. The van der Waals surface area contributed by atoms with Crippen molar-refractivity contribution in [3.05, 3.63) is 28.2 Å². The van der Waals surface area contributed by atoms with E-state index >= 15 is 0 Å². The molecule has 1 rings (SSSR count). The summed E-state index contributed by atoms with van der Waals surface area (Å²) >= 11 is 3.35. The number of aliphatic hydroxyl groups is 1. The monoisotopic (exact) mass is 268 g/mol. The number of aliphatic hydroxyl groups excluding tert-OH is 1. The van der Waals surface area contributed by atoms with Crippen LogP contribution in [0, 0.1) is 11.8 Å². The van der Waals surface area contributed by atoms with Gasteiger partial charge < -0.3 is 9.84 Å². The van der Waals surface area contributed by atoms with Crippen LogP contribution in [0.15, 0.2) is 22.7 Å². The molecule has 0 aromatic heterocycles. The molecule has 0 amide bonds. The van der Waals surface area contributed by atoms with Crippen molar-refractivity contribution in [3.63, 3.8) is 0 Å². The summed E-state index contributed by atoms with van der Waals surface area (Å²) in [5.74, 6) is 6.50. The van der Waals surface area contributed by atoms with E-state index in [1.165, 1.54) is 0 Å². The normalized spacial score (nSPS) is 9.27. The SMILES string of the molecule is CC#CCCOc1ccc(Br)c(CO)c1. The zero-order valence-corrected chi connectivity index (χ0v) is 10.2. The van der Waals surface area contributed by atoms with Crippen LogP contribution in [0.25, 0.3) is 0 Å². The largest absolute Gasteiger partial charge is 0.493 e. The molecule has 1 aromatic rings. The van der Waals surface area contributed by atoms with Crippen molar-refractivity contribution in [1.29, 1.82) is 0 Å². The van der Waals surface area contributed by atoms with E-state index in [1.807, 2.05) is 25.1 Å². The standard InChI is InChI=1S/C12H13BrO2/c1-2-3-4-7-15-11-5-6-12(13)10(8-11)9-14/h5-6,8,14H,4,7,9H2,1H3. The summed E-state index contributed by atoms with van der Waals surface area (Å²) < 4.78 is 6.37. The Balaban J connectivity index is 2.57. The molecule has 1 aromatic carbocycles. The molecule has 0 aliphatic heterocycles. The molecule has 3 heteroatoms. The van der Waals surface area contributed by atoms with Gasteiger partial charge in [-0.05, 0) is 30.7 Å². The Morgan fingerprint density at radius 3 is 2.93 bits per heavy atom. The van der Waals surface area contributed by atoms with Gasteiger partial charge in [-0.25, -0.2) is 0 Å². The third-order valence-corrected chi connectivity index (χ3v) is 2.63. The highest BCUT2D eigenvalue weighted by atomic mass is 79.9. The summed E-state index contributed by atoms with van der Waals surface area (Å²) in [5, 5.41) is 9.04. The highest BCUT2D eigenvalue weighted by molar-refractivity contribution is 9.10. The number of hydrogen-bond donors (Lipinski definition) is 1. The van der Waals surface area contributed by atoms with Gasteiger partial charge in [0.05, 0.1) is 13.2 Å². The number of hydrogen-bond acceptors (Lipinski definition) is 2. The first-order valence-corrected chi connectivity index (χ1v) is 5.49. The van der Waals surface area contributed by atoms with Crippen LogP contribution in [0.5, 0.6) is 5.75 Å². The Kier molecular flexibility index (Phi) is 5.23. The molecule has 0 spiro atoms. The van der Waals surface area contributed by atoms with Crippen molar-refractivity contribution in [2.45, 2.75) is 20.0 Å². The first-order chi connectivity index (χ1) is 7.27. The van der Waals surface area contributed by atoms with Gasteiger partial charge in [0.25, 0.3) is 0 Å². The van der Waals surface area contributed by atoms with Crippen LogP contribution in [-0.2, 0) is 6.61 Å². The predicted octanol–water partition coefficient (Wildman–Crippen LogP) is 2.73. The molecule has 1 N–H and O–H groups in total. The van der Waals surface area contributed by atoms with Gasteiger partial charge in [-0.3, -0.25) is 0 Å². The maximum Gasteiger partial charge on any atom is 0.119 e. The lowest BCUT2D eigenvalue weighted by Gasteiger charge is -2.06. The molecule has 0 heterocycles. The molecule has 0 saturated heterocycles. The van der Waals surface area contributed by atoms with Crippen molar-refractivity contribution < 1.29 is 9.84 Å². The third-order valence-electron chi connectivity index (χ3n) is 1.86. The molecule has 0 saturated carbocycles. The molecular weight excluding hydrogens is 256 g/mol. The summed E-state index contributed by atoms with van der Waals surface area (Å²) in [6, 6.07) is 5.55. The highest BCUT2D eigenvalue weighted by Gasteiger charge is 2.00. The second kappa shape index (κ2) is 6.49. The maximum absolute atomic E-state index is 9.04. The first kappa shape index (κ1) is 12.1. The molecule has 2 nitrogen and oxygen atoms in total. The van der Waals surface area contributed by atoms with E-state index in [4.69, 9.17) is 9.84 Å². The molecule has 0 fully saturated rings. The lowest BCUT2D eigenvalue weighted by molar-refractivity contribution is 0.278. The minimum absolute atomic E-state index is 0.00650. The zero-order valence-electron chi connectivity index (χ0n) is 8.59. The van der Waals surface area contributed by atoms with Gasteiger partial charge in [0.15, 0.2) is 0 Å². The topological polar surface area (TPSA) is 29.5 Å². The summed E-state index contributed by atoms with van der Waals surface area (Å²) in [6.45, 7) is 2.39. The van der Waals surface area contributed by atoms with E-state index in [0.717, 1.165) is 22.2 Å². The fourth-order valence-electron chi connectivity index (χ4n) is 1.11. The average Bonchev–Trinajstić information content (AvgIpc) is 2.26. The van der Waals surface area contributed by atoms with Crippen LogP contribution in [0.2, 0.25) is 0 Å². The molecule has 0 aliphatic carbocycles. The number of ether oxygens (including phenoxy) is 1.